The predicted octanol–water partition coefficient (Wildman–Crippen LogP) is 5.32. The topological polar surface area (TPSA) is 77.6 Å². The fourth-order valence-corrected chi connectivity index (χ4v) is 4.84. The number of rotatable bonds is 7. The molecule has 6 rings (SSSR count). The van der Waals surface area contributed by atoms with Gasteiger partial charge in [0, 0.05) is 18.9 Å². The van der Waals surface area contributed by atoms with Crippen molar-refractivity contribution in [3.63, 3.8) is 0 Å². The summed E-state index contributed by atoms with van der Waals surface area (Å²) in [6, 6.07) is 25.9. The van der Waals surface area contributed by atoms with Gasteiger partial charge in [-0.15, -0.1) is 11.3 Å². The molecule has 0 bridgehead atoms. The first-order valence-corrected chi connectivity index (χ1v) is 12.4. The van der Waals surface area contributed by atoms with Crippen LogP contribution in [0.5, 0.6) is 0 Å². The van der Waals surface area contributed by atoms with Gasteiger partial charge in [0.1, 0.15) is 17.8 Å². The number of para-hydroxylation sites is 2. The highest BCUT2D eigenvalue weighted by atomic mass is 32.1. The quantitative estimate of drug-likeness (QED) is 0.328. The second-order valence-corrected chi connectivity index (χ2v) is 9.31. The van der Waals surface area contributed by atoms with E-state index < -0.39 is 0 Å². The van der Waals surface area contributed by atoms with Gasteiger partial charge in [0.15, 0.2) is 0 Å². The van der Waals surface area contributed by atoms with E-state index in [2.05, 4.69) is 27.4 Å². The first-order valence-electron chi connectivity index (χ1n) is 11.6. The number of hydrogen-bond donors (Lipinski definition) is 1. The molecule has 0 aliphatic rings. The Bertz CT molecular complexity index is 1620. The summed E-state index contributed by atoms with van der Waals surface area (Å²) < 4.78 is 3.78. The summed E-state index contributed by atoms with van der Waals surface area (Å²) in [5.41, 5.74) is 5.21. The maximum Gasteiger partial charge on any atom is 0.255 e. The zero-order valence-electron chi connectivity index (χ0n) is 19.3. The van der Waals surface area contributed by atoms with Gasteiger partial charge in [-0.3, -0.25) is 14.0 Å². The average Bonchev–Trinajstić information content (AvgIpc) is 3.68. The molecule has 0 aliphatic heterocycles. The third-order valence-corrected chi connectivity index (χ3v) is 6.79. The molecular weight excluding hydrogens is 468 g/mol. The molecule has 1 amide bonds. The minimum Gasteiger partial charge on any atom is -0.348 e. The molecule has 0 saturated carbocycles. The van der Waals surface area contributed by atoms with Gasteiger partial charge < -0.3 is 5.32 Å². The van der Waals surface area contributed by atoms with E-state index in [-0.39, 0.29) is 5.91 Å². The highest BCUT2D eigenvalue weighted by Crippen LogP contribution is 2.27. The molecule has 6 aromatic rings. The van der Waals surface area contributed by atoms with Crippen LogP contribution in [-0.2, 0) is 13.1 Å². The van der Waals surface area contributed by atoms with Crippen molar-refractivity contribution < 1.29 is 4.79 Å². The number of carbonyl (C=O) groups is 1. The molecule has 8 heteroatoms. The standard InChI is InChI=1S/C28H22N6OS/c35-28(22-18-33(17-20-7-2-1-3-8-20)32-27(22)25-11-6-14-36-25)30-16-21-12-13-26(29-15-21)34-19-31-23-9-4-5-10-24(23)34/h1-15,18-19H,16-17H2,(H,30,35). The van der Waals surface area contributed by atoms with Crippen molar-refractivity contribution in [2.75, 3.05) is 0 Å². The van der Waals surface area contributed by atoms with Gasteiger partial charge in [0.05, 0.1) is 28.0 Å². The molecule has 36 heavy (non-hydrogen) atoms. The van der Waals surface area contributed by atoms with Gasteiger partial charge in [0.25, 0.3) is 5.91 Å². The number of nitrogens with one attached hydrogen (secondary N) is 1. The fourth-order valence-electron chi connectivity index (χ4n) is 4.12. The van der Waals surface area contributed by atoms with Crippen molar-refractivity contribution in [2.45, 2.75) is 13.1 Å². The number of benzene rings is 2. The van der Waals surface area contributed by atoms with Crippen molar-refractivity contribution in [1.82, 2.24) is 29.6 Å². The summed E-state index contributed by atoms with van der Waals surface area (Å²) in [5, 5.41) is 9.76. The molecule has 4 heterocycles. The Labute approximate surface area is 211 Å². The van der Waals surface area contributed by atoms with Gasteiger partial charge >= 0.3 is 0 Å². The van der Waals surface area contributed by atoms with Crippen LogP contribution in [0.1, 0.15) is 21.5 Å². The lowest BCUT2D eigenvalue weighted by Gasteiger charge is -2.07. The van der Waals surface area contributed by atoms with E-state index in [9.17, 15) is 4.79 Å². The molecule has 0 atom stereocenters. The molecule has 0 fully saturated rings. The molecule has 7 nitrogen and oxygen atoms in total. The smallest absolute Gasteiger partial charge is 0.255 e. The van der Waals surface area contributed by atoms with E-state index in [0.717, 1.165) is 32.9 Å². The zero-order valence-corrected chi connectivity index (χ0v) is 20.1. The number of thiophene rings is 1. The summed E-state index contributed by atoms with van der Waals surface area (Å²) in [6.07, 6.45) is 5.37. The van der Waals surface area contributed by atoms with Crippen molar-refractivity contribution in [2.24, 2.45) is 0 Å². The Hall–Kier alpha value is -4.56. The molecule has 0 spiro atoms. The van der Waals surface area contributed by atoms with Crippen LogP contribution >= 0.6 is 11.3 Å². The summed E-state index contributed by atoms with van der Waals surface area (Å²) in [4.78, 5) is 23.2. The molecule has 4 aromatic heterocycles. The summed E-state index contributed by atoms with van der Waals surface area (Å²) in [7, 11) is 0. The van der Waals surface area contributed by atoms with Crippen LogP contribution in [0.15, 0.2) is 103 Å². The van der Waals surface area contributed by atoms with Gasteiger partial charge in [-0.05, 0) is 40.8 Å². The van der Waals surface area contributed by atoms with Crippen LogP contribution in [0.3, 0.4) is 0 Å². The Kier molecular flexibility index (Phi) is 5.85. The molecule has 2 aromatic carbocycles. The van der Waals surface area contributed by atoms with E-state index in [1.54, 1.807) is 23.9 Å². The minimum absolute atomic E-state index is 0.164. The average molecular weight is 491 g/mol. The van der Waals surface area contributed by atoms with Gasteiger partial charge in [-0.1, -0.05) is 54.6 Å². The molecular formula is C28H22N6OS. The molecule has 0 unspecified atom stereocenters. The zero-order chi connectivity index (χ0) is 24.3. The number of hydrogen-bond acceptors (Lipinski definition) is 5. The van der Waals surface area contributed by atoms with Crippen LogP contribution in [0, 0.1) is 0 Å². The largest absolute Gasteiger partial charge is 0.348 e. The summed E-state index contributed by atoms with van der Waals surface area (Å²) in [5.74, 6) is 0.614. The van der Waals surface area contributed by atoms with Crippen molar-refractivity contribution >= 4 is 28.3 Å². The number of pyridine rings is 1. The van der Waals surface area contributed by atoms with E-state index >= 15 is 0 Å². The van der Waals surface area contributed by atoms with Gasteiger partial charge in [0.2, 0.25) is 0 Å². The SMILES string of the molecule is O=C(NCc1ccc(-n2cnc3ccccc32)nc1)c1cn(Cc2ccccc2)nc1-c1cccs1. The molecule has 1 N–H and O–H groups in total. The third-order valence-electron chi connectivity index (χ3n) is 5.91. The van der Waals surface area contributed by atoms with Crippen LogP contribution < -0.4 is 5.32 Å². The van der Waals surface area contributed by atoms with Crippen molar-refractivity contribution in [3.05, 3.63) is 120 Å². The highest BCUT2D eigenvalue weighted by Gasteiger charge is 2.19. The number of carbonyl (C=O) groups excluding carboxylic acids is 1. The lowest BCUT2D eigenvalue weighted by atomic mass is 10.2. The molecule has 0 saturated heterocycles. The molecule has 0 radical (unpaired) electrons. The van der Waals surface area contributed by atoms with Crippen LogP contribution in [0.25, 0.3) is 27.4 Å². The van der Waals surface area contributed by atoms with Gasteiger partial charge in [-0.2, -0.15) is 5.10 Å². The normalized spacial score (nSPS) is 11.1. The molecule has 0 aliphatic carbocycles. The number of imidazole rings is 1. The summed E-state index contributed by atoms with van der Waals surface area (Å²) >= 11 is 1.57. The Morgan fingerprint density at radius 2 is 1.75 bits per heavy atom. The van der Waals surface area contributed by atoms with Crippen molar-refractivity contribution in [3.8, 4) is 16.4 Å². The fraction of sp³-hybridized carbons (Fsp3) is 0.0714. The second kappa shape index (κ2) is 9.59. The van der Waals surface area contributed by atoms with Crippen molar-refractivity contribution in [1.29, 1.82) is 0 Å². The number of aromatic nitrogens is 5. The Morgan fingerprint density at radius 3 is 2.56 bits per heavy atom. The maximum atomic E-state index is 13.2. The third kappa shape index (κ3) is 4.42. The number of fused-ring (bicyclic) bond motifs is 1. The number of nitrogens with zero attached hydrogens (tertiary/aromatic N) is 5. The highest BCUT2D eigenvalue weighted by molar-refractivity contribution is 7.13. The van der Waals surface area contributed by atoms with E-state index in [1.165, 1.54) is 0 Å². The monoisotopic (exact) mass is 490 g/mol. The lowest BCUT2D eigenvalue weighted by molar-refractivity contribution is 0.0951. The van der Waals surface area contributed by atoms with E-state index in [4.69, 9.17) is 5.10 Å². The van der Waals surface area contributed by atoms with Crippen LogP contribution in [-0.4, -0.2) is 30.2 Å². The predicted molar refractivity (Wildman–Crippen MR) is 141 cm³/mol. The first kappa shape index (κ1) is 21.9. The molecule has 176 valence electrons. The first-order chi connectivity index (χ1) is 17.7. The number of amides is 1. The maximum absolute atomic E-state index is 13.2. The van der Waals surface area contributed by atoms with Crippen LogP contribution in [0.2, 0.25) is 0 Å². The van der Waals surface area contributed by atoms with E-state index in [0.29, 0.717) is 24.3 Å². The lowest BCUT2D eigenvalue weighted by Crippen LogP contribution is -2.23. The van der Waals surface area contributed by atoms with Gasteiger partial charge in [-0.25, -0.2) is 9.97 Å². The Balaban J connectivity index is 1.19. The van der Waals surface area contributed by atoms with E-state index in [1.807, 2.05) is 87.6 Å². The second-order valence-electron chi connectivity index (χ2n) is 8.36. The summed E-state index contributed by atoms with van der Waals surface area (Å²) in [6.45, 7) is 0.964. The minimum atomic E-state index is -0.164. The Morgan fingerprint density at radius 1 is 0.889 bits per heavy atom. The van der Waals surface area contributed by atoms with Crippen LogP contribution in [0.4, 0.5) is 0 Å².